The van der Waals surface area contributed by atoms with Crippen molar-refractivity contribution in [3.8, 4) is 0 Å². The summed E-state index contributed by atoms with van der Waals surface area (Å²) in [5.74, 6) is 0. The fourth-order valence-electron chi connectivity index (χ4n) is 1.58. The number of hydrogen-bond acceptors (Lipinski definition) is 4. The first-order valence-electron chi connectivity index (χ1n) is 5.22. The average Bonchev–Trinajstić information content (AvgIpc) is 2.51. The second-order valence-corrected chi connectivity index (χ2v) is 6.12. The van der Waals surface area contributed by atoms with Gasteiger partial charge < -0.3 is 10.5 Å². The maximum Gasteiger partial charge on any atom is 0.0982 e. The molecule has 1 fully saturated rings. The fraction of sp³-hybridized carbons (Fsp3) is 0.727. The molecule has 1 aliphatic rings. The third-order valence-corrected chi connectivity index (χ3v) is 4.10. The Hall–Kier alpha value is -0.450. The SMILES string of the molecule is CC(C)(C)c1nc(C2(CN)COC2)cs1. The summed E-state index contributed by atoms with van der Waals surface area (Å²) in [4.78, 5) is 4.71. The zero-order chi connectivity index (χ0) is 11.1. The Balaban J connectivity index is 2.27. The summed E-state index contributed by atoms with van der Waals surface area (Å²) >= 11 is 1.73. The van der Waals surface area contributed by atoms with Crippen LogP contribution in [0.2, 0.25) is 0 Å². The van der Waals surface area contributed by atoms with Crippen molar-refractivity contribution in [2.75, 3.05) is 19.8 Å². The van der Waals surface area contributed by atoms with Crippen molar-refractivity contribution in [2.45, 2.75) is 31.6 Å². The van der Waals surface area contributed by atoms with Crippen molar-refractivity contribution in [2.24, 2.45) is 5.73 Å². The van der Waals surface area contributed by atoms with Gasteiger partial charge in [0.05, 0.1) is 29.3 Å². The zero-order valence-corrected chi connectivity index (χ0v) is 10.4. The van der Waals surface area contributed by atoms with E-state index in [4.69, 9.17) is 15.5 Å². The summed E-state index contributed by atoms with van der Waals surface area (Å²) in [6, 6.07) is 0. The topological polar surface area (TPSA) is 48.1 Å². The lowest BCUT2D eigenvalue weighted by Gasteiger charge is -2.39. The second kappa shape index (κ2) is 3.54. The summed E-state index contributed by atoms with van der Waals surface area (Å²) < 4.78 is 5.26. The van der Waals surface area contributed by atoms with Gasteiger partial charge in [-0.1, -0.05) is 20.8 Å². The zero-order valence-electron chi connectivity index (χ0n) is 9.54. The highest BCUT2D eigenvalue weighted by Gasteiger charge is 2.41. The van der Waals surface area contributed by atoms with Crippen LogP contribution in [0, 0.1) is 0 Å². The predicted octanol–water partition coefficient (Wildman–Crippen LogP) is 1.67. The highest BCUT2D eigenvalue weighted by molar-refractivity contribution is 7.09. The maximum absolute atomic E-state index is 5.80. The number of rotatable bonds is 2. The van der Waals surface area contributed by atoms with Crippen LogP contribution >= 0.6 is 11.3 Å². The monoisotopic (exact) mass is 226 g/mol. The van der Waals surface area contributed by atoms with Gasteiger partial charge in [0, 0.05) is 17.3 Å². The highest BCUT2D eigenvalue weighted by Crippen LogP contribution is 2.34. The molecule has 1 aromatic rings. The van der Waals surface area contributed by atoms with Gasteiger partial charge in [-0.25, -0.2) is 4.98 Å². The Morgan fingerprint density at radius 1 is 1.53 bits per heavy atom. The smallest absolute Gasteiger partial charge is 0.0982 e. The summed E-state index contributed by atoms with van der Waals surface area (Å²) in [6.45, 7) is 8.61. The van der Waals surface area contributed by atoms with Gasteiger partial charge in [-0.15, -0.1) is 11.3 Å². The molecule has 0 atom stereocenters. The van der Waals surface area contributed by atoms with E-state index in [9.17, 15) is 0 Å². The number of nitrogens with two attached hydrogens (primary N) is 1. The first-order chi connectivity index (χ1) is 6.98. The van der Waals surface area contributed by atoms with Crippen molar-refractivity contribution >= 4 is 11.3 Å². The molecule has 2 heterocycles. The Morgan fingerprint density at radius 3 is 2.53 bits per heavy atom. The molecule has 4 heteroatoms. The van der Waals surface area contributed by atoms with Gasteiger partial charge in [0.25, 0.3) is 0 Å². The molecule has 2 rings (SSSR count). The number of ether oxygens (including phenoxy) is 1. The number of aromatic nitrogens is 1. The van der Waals surface area contributed by atoms with Gasteiger partial charge in [-0.2, -0.15) is 0 Å². The molecule has 15 heavy (non-hydrogen) atoms. The van der Waals surface area contributed by atoms with Gasteiger partial charge in [0.2, 0.25) is 0 Å². The van der Waals surface area contributed by atoms with E-state index in [1.54, 1.807) is 11.3 Å². The molecule has 2 N–H and O–H groups in total. The van der Waals surface area contributed by atoms with Gasteiger partial charge in [0.1, 0.15) is 0 Å². The molecule has 1 aromatic heterocycles. The molecule has 84 valence electrons. The number of hydrogen-bond donors (Lipinski definition) is 1. The van der Waals surface area contributed by atoms with Crippen molar-refractivity contribution in [3.63, 3.8) is 0 Å². The molecule has 0 saturated carbocycles. The minimum Gasteiger partial charge on any atom is -0.379 e. The van der Waals surface area contributed by atoms with E-state index in [0.29, 0.717) is 6.54 Å². The van der Waals surface area contributed by atoms with E-state index < -0.39 is 0 Å². The molecule has 3 nitrogen and oxygen atoms in total. The van der Waals surface area contributed by atoms with E-state index in [2.05, 4.69) is 26.2 Å². The van der Waals surface area contributed by atoms with Crippen LogP contribution < -0.4 is 5.73 Å². The number of thiazole rings is 1. The van der Waals surface area contributed by atoms with Crippen LogP contribution in [0.25, 0.3) is 0 Å². The molecule has 0 radical (unpaired) electrons. The maximum atomic E-state index is 5.80. The summed E-state index contributed by atoms with van der Waals surface area (Å²) in [6.07, 6.45) is 0. The van der Waals surface area contributed by atoms with Crippen LogP contribution in [0.3, 0.4) is 0 Å². The molecule has 0 spiro atoms. The first-order valence-corrected chi connectivity index (χ1v) is 6.10. The Kier molecular flexibility index (Phi) is 2.61. The van der Waals surface area contributed by atoms with E-state index in [-0.39, 0.29) is 10.8 Å². The van der Waals surface area contributed by atoms with Crippen molar-refractivity contribution in [1.82, 2.24) is 4.98 Å². The quantitative estimate of drug-likeness (QED) is 0.834. The Morgan fingerprint density at radius 2 is 2.20 bits per heavy atom. The molecular formula is C11H18N2OS. The molecule has 0 aliphatic carbocycles. The molecular weight excluding hydrogens is 208 g/mol. The molecule has 0 unspecified atom stereocenters. The van der Waals surface area contributed by atoms with Crippen molar-refractivity contribution in [1.29, 1.82) is 0 Å². The van der Waals surface area contributed by atoms with E-state index in [1.165, 1.54) is 5.01 Å². The van der Waals surface area contributed by atoms with Crippen LogP contribution in [0.4, 0.5) is 0 Å². The van der Waals surface area contributed by atoms with E-state index in [1.807, 2.05) is 0 Å². The average molecular weight is 226 g/mol. The van der Waals surface area contributed by atoms with Crippen LogP contribution in [-0.4, -0.2) is 24.7 Å². The Bertz CT molecular complexity index is 344. The van der Waals surface area contributed by atoms with Crippen LogP contribution in [0.1, 0.15) is 31.5 Å². The summed E-state index contributed by atoms with van der Waals surface area (Å²) in [7, 11) is 0. The molecule has 0 amide bonds. The first kappa shape index (κ1) is 11.0. The van der Waals surface area contributed by atoms with Gasteiger partial charge >= 0.3 is 0 Å². The molecule has 1 saturated heterocycles. The Labute approximate surface area is 94.7 Å². The largest absolute Gasteiger partial charge is 0.379 e. The van der Waals surface area contributed by atoms with E-state index >= 15 is 0 Å². The third-order valence-electron chi connectivity index (χ3n) is 2.84. The van der Waals surface area contributed by atoms with Gasteiger partial charge in [-0.3, -0.25) is 0 Å². The highest BCUT2D eigenvalue weighted by atomic mass is 32.1. The molecule has 0 bridgehead atoms. The van der Waals surface area contributed by atoms with Gasteiger partial charge in [-0.05, 0) is 0 Å². The summed E-state index contributed by atoms with van der Waals surface area (Å²) in [5.41, 5.74) is 7.05. The van der Waals surface area contributed by atoms with Crippen LogP contribution in [-0.2, 0) is 15.6 Å². The lowest BCUT2D eigenvalue weighted by Crippen LogP contribution is -2.52. The summed E-state index contributed by atoms with van der Waals surface area (Å²) in [5, 5.41) is 3.31. The van der Waals surface area contributed by atoms with E-state index in [0.717, 1.165) is 18.9 Å². The fourth-order valence-corrected chi connectivity index (χ4v) is 2.61. The standard InChI is InChI=1S/C11H18N2OS/c1-10(2,3)9-13-8(4-15-9)11(5-12)6-14-7-11/h4H,5-7,12H2,1-3H3. The minimum atomic E-state index is 0. The van der Waals surface area contributed by atoms with Crippen LogP contribution in [0.5, 0.6) is 0 Å². The predicted molar refractivity (Wildman–Crippen MR) is 62.4 cm³/mol. The number of nitrogens with zero attached hydrogens (tertiary/aromatic N) is 1. The second-order valence-electron chi connectivity index (χ2n) is 5.27. The normalized spacial score (nSPS) is 20.0. The van der Waals surface area contributed by atoms with Crippen molar-refractivity contribution in [3.05, 3.63) is 16.1 Å². The van der Waals surface area contributed by atoms with Crippen molar-refractivity contribution < 1.29 is 4.74 Å². The lowest BCUT2D eigenvalue weighted by atomic mass is 9.83. The third kappa shape index (κ3) is 1.82. The lowest BCUT2D eigenvalue weighted by molar-refractivity contribution is -0.0569. The van der Waals surface area contributed by atoms with Gasteiger partial charge in [0.15, 0.2) is 0 Å². The molecule has 0 aromatic carbocycles. The minimum absolute atomic E-state index is 0. The molecule has 1 aliphatic heterocycles. The van der Waals surface area contributed by atoms with Crippen LogP contribution in [0.15, 0.2) is 5.38 Å².